The van der Waals surface area contributed by atoms with E-state index < -0.39 is 11.9 Å². The Bertz CT molecular complexity index is 571. The number of anilines is 1. The smallest absolute Gasteiger partial charge is 0.255 e. The van der Waals surface area contributed by atoms with Crippen LogP contribution in [0.2, 0.25) is 0 Å². The lowest BCUT2D eigenvalue weighted by molar-refractivity contribution is -0.129. The van der Waals surface area contributed by atoms with Crippen molar-refractivity contribution in [1.82, 2.24) is 10.2 Å². The van der Waals surface area contributed by atoms with Gasteiger partial charge in [-0.2, -0.15) is 0 Å². The molecular weight excluding hydrogens is 270 g/mol. The lowest BCUT2D eigenvalue weighted by Crippen LogP contribution is -2.46. The molecule has 1 aliphatic rings. The van der Waals surface area contributed by atoms with Crippen molar-refractivity contribution < 1.29 is 14.4 Å². The number of fused-ring (bicyclic) bond motifs is 1. The highest BCUT2D eigenvalue weighted by Crippen LogP contribution is 2.31. The Balaban J connectivity index is 2.31. The van der Waals surface area contributed by atoms with Gasteiger partial charge < -0.3 is 10.2 Å². The van der Waals surface area contributed by atoms with E-state index in [-0.39, 0.29) is 5.91 Å². The first-order valence-corrected chi connectivity index (χ1v) is 6.98. The molecule has 1 atom stereocenters. The van der Waals surface area contributed by atoms with Crippen molar-refractivity contribution in [3.63, 3.8) is 0 Å². The van der Waals surface area contributed by atoms with Crippen molar-refractivity contribution in [1.29, 1.82) is 0 Å². The molecule has 1 heterocycles. The number of hydrogen-bond donors (Lipinski definition) is 2. The molecule has 1 unspecified atom stereocenters. The molecule has 0 bridgehead atoms. The number of carbonyl (C=O) groups is 3. The molecule has 2 N–H and O–H groups in total. The summed E-state index contributed by atoms with van der Waals surface area (Å²) in [4.78, 5) is 36.6. The van der Waals surface area contributed by atoms with Crippen LogP contribution in [-0.4, -0.2) is 36.2 Å². The molecule has 21 heavy (non-hydrogen) atoms. The average Bonchev–Trinajstić information content (AvgIpc) is 2.82. The molecule has 6 heteroatoms. The van der Waals surface area contributed by atoms with Gasteiger partial charge in [0, 0.05) is 30.4 Å². The third kappa shape index (κ3) is 2.74. The van der Waals surface area contributed by atoms with Gasteiger partial charge in [-0.3, -0.25) is 19.7 Å². The zero-order chi connectivity index (χ0) is 15.4. The Kier molecular flexibility index (Phi) is 4.57. The van der Waals surface area contributed by atoms with Crippen LogP contribution >= 0.6 is 0 Å². The van der Waals surface area contributed by atoms with Gasteiger partial charge in [0.15, 0.2) is 0 Å². The molecule has 0 spiro atoms. The Hall–Kier alpha value is -2.37. The number of benzene rings is 1. The first-order valence-electron chi connectivity index (χ1n) is 6.98. The zero-order valence-corrected chi connectivity index (χ0v) is 12.2. The molecule has 0 radical (unpaired) electrons. The summed E-state index contributed by atoms with van der Waals surface area (Å²) in [5, 5.41) is 5.21. The standard InChI is InChI=1S/C15H19N3O3/c1-3-5-13(14(20)17-9-19)18-8-11-10(15(18)21)6-4-7-12(11)16-2/h4,6-7,9,13,16H,3,5,8H2,1-2H3,(H,17,19,20). The third-order valence-electron chi connectivity index (χ3n) is 3.71. The van der Waals surface area contributed by atoms with E-state index >= 15 is 0 Å². The number of amides is 3. The molecule has 0 saturated carbocycles. The topological polar surface area (TPSA) is 78.5 Å². The second-order valence-corrected chi connectivity index (χ2v) is 4.95. The SMILES string of the molecule is CCCC(C(=O)NC=O)N1Cc2c(NC)cccc2C1=O. The van der Waals surface area contributed by atoms with Crippen molar-refractivity contribution in [3.05, 3.63) is 29.3 Å². The summed E-state index contributed by atoms with van der Waals surface area (Å²) in [7, 11) is 1.80. The van der Waals surface area contributed by atoms with Crippen LogP contribution in [0.4, 0.5) is 5.69 Å². The summed E-state index contributed by atoms with van der Waals surface area (Å²) in [5.41, 5.74) is 2.39. The van der Waals surface area contributed by atoms with Gasteiger partial charge in [0.25, 0.3) is 5.91 Å². The minimum Gasteiger partial charge on any atom is -0.388 e. The monoisotopic (exact) mass is 289 g/mol. The Morgan fingerprint density at radius 3 is 2.86 bits per heavy atom. The van der Waals surface area contributed by atoms with Crippen LogP contribution in [0.1, 0.15) is 35.7 Å². The quantitative estimate of drug-likeness (QED) is 0.769. The van der Waals surface area contributed by atoms with Gasteiger partial charge in [0.1, 0.15) is 6.04 Å². The molecule has 0 aromatic heterocycles. The Labute approximate surface area is 123 Å². The van der Waals surface area contributed by atoms with Gasteiger partial charge >= 0.3 is 0 Å². The predicted molar refractivity (Wildman–Crippen MR) is 78.8 cm³/mol. The summed E-state index contributed by atoms with van der Waals surface area (Å²) >= 11 is 0. The molecule has 2 rings (SSSR count). The van der Waals surface area contributed by atoms with Gasteiger partial charge in [-0.15, -0.1) is 0 Å². The summed E-state index contributed by atoms with van der Waals surface area (Å²) < 4.78 is 0. The largest absolute Gasteiger partial charge is 0.388 e. The molecule has 0 aliphatic carbocycles. The van der Waals surface area contributed by atoms with Crippen molar-refractivity contribution in [2.45, 2.75) is 32.4 Å². The Morgan fingerprint density at radius 1 is 1.48 bits per heavy atom. The lowest BCUT2D eigenvalue weighted by atomic mass is 10.1. The van der Waals surface area contributed by atoms with Crippen LogP contribution in [0.15, 0.2) is 18.2 Å². The second-order valence-electron chi connectivity index (χ2n) is 4.95. The van der Waals surface area contributed by atoms with Gasteiger partial charge in [0.05, 0.1) is 0 Å². The van der Waals surface area contributed by atoms with E-state index in [2.05, 4.69) is 10.6 Å². The molecule has 1 aromatic carbocycles. The van der Waals surface area contributed by atoms with E-state index in [1.54, 1.807) is 13.1 Å². The molecule has 1 aliphatic heterocycles. The maximum Gasteiger partial charge on any atom is 0.255 e. The molecule has 0 fully saturated rings. The van der Waals surface area contributed by atoms with E-state index in [0.717, 1.165) is 17.7 Å². The zero-order valence-electron chi connectivity index (χ0n) is 12.2. The molecule has 6 nitrogen and oxygen atoms in total. The number of rotatable bonds is 6. The van der Waals surface area contributed by atoms with Crippen LogP contribution in [-0.2, 0) is 16.1 Å². The summed E-state index contributed by atoms with van der Waals surface area (Å²) in [6.07, 6.45) is 1.63. The highest BCUT2D eigenvalue weighted by Gasteiger charge is 2.36. The van der Waals surface area contributed by atoms with Crippen LogP contribution in [0.3, 0.4) is 0 Å². The minimum atomic E-state index is -0.621. The highest BCUT2D eigenvalue weighted by atomic mass is 16.2. The molecular formula is C15H19N3O3. The van der Waals surface area contributed by atoms with E-state index in [4.69, 9.17) is 0 Å². The Morgan fingerprint density at radius 2 is 2.24 bits per heavy atom. The summed E-state index contributed by atoms with van der Waals surface area (Å²) in [5.74, 6) is -0.597. The van der Waals surface area contributed by atoms with Crippen LogP contribution in [0, 0.1) is 0 Å². The molecule has 112 valence electrons. The van der Waals surface area contributed by atoms with Gasteiger partial charge in [-0.25, -0.2) is 0 Å². The third-order valence-corrected chi connectivity index (χ3v) is 3.71. The maximum absolute atomic E-state index is 12.5. The molecule has 1 aromatic rings. The van der Waals surface area contributed by atoms with Crippen LogP contribution < -0.4 is 10.6 Å². The highest BCUT2D eigenvalue weighted by molar-refractivity contribution is 6.03. The number of nitrogens with zero attached hydrogens (tertiary/aromatic N) is 1. The van der Waals surface area contributed by atoms with Gasteiger partial charge in [-0.05, 0) is 18.6 Å². The van der Waals surface area contributed by atoms with Crippen molar-refractivity contribution in [2.24, 2.45) is 0 Å². The van der Waals surface area contributed by atoms with E-state index in [1.807, 2.05) is 19.1 Å². The van der Waals surface area contributed by atoms with Gasteiger partial charge in [-0.1, -0.05) is 19.4 Å². The number of imide groups is 1. The van der Waals surface area contributed by atoms with E-state index in [1.165, 1.54) is 4.90 Å². The van der Waals surface area contributed by atoms with Crippen molar-refractivity contribution in [2.75, 3.05) is 12.4 Å². The van der Waals surface area contributed by atoms with Crippen LogP contribution in [0.5, 0.6) is 0 Å². The fraction of sp³-hybridized carbons (Fsp3) is 0.400. The van der Waals surface area contributed by atoms with Crippen molar-refractivity contribution in [3.8, 4) is 0 Å². The fourth-order valence-corrected chi connectivity index (χ4v) is 2.70. The second kappa shape index (κ2) is 6.39. The van der Waals surface area contributed by atoms with E-state index in [9.17, 15) is 14.4 Å². The first kappa shape index (κ1) is 15.0. The normalized spacial score (nSPS) is 14.6. The molecule has 0 saturated heterocycles. The number of hydrogen-bond acceptors (Lipinski definition) is 4. The number of carbonyl (C=O) groups excluding carboxylic acids is 3. The number of nitrogens with one attached hydrogen (secondary N) is 2. The van der Waals surface area contributed by atoms with Gasteiger partial charge in [0.2, 0.25) is 12.3 Å². The summed E-state index contributed by atoms with van der Waals surface area (Å²) in [6, 6.07) is 4.85. The molecule has 3 amide bonds. The first-order chi connectivity index (χ1) is 10.1. The predicted octanol–water partition coefficient (Wildman–Crippen LogP) is 1.13. The fourth-order valence-electron chi connectivity index (χ4n) is 2.70. The lowest BCUT2D eigenvalue weighted by Gasteiger charge is -2.25. The maximum atomic E-state index is 12.5. The average molecular weight is 289 g/mol. The van der Waals surface area contributed by atoms with Crippen LogP contribution in [0.25, 0.3) is 0 Å². The summed E-state index contributed by atoms with van der Waals surface area (Å²) in [6.45, 7) is 2.32. The van der Waals surface area contributed by atoms with Crippen molar-refractivity contribution >= 4 is 23.9 Å². The van der Waals surface area contributed by atoms with E-state index in [0.29, 0.717) is 24.9 Å². The minimum absolute atomic E-state index is 0.165.